The first-order chi connectivity index (χ1) is 10.9. The molecule has 0 aliphatic carbocycles. The van der Waals surface area contributed by atoms with Crippen molar-refractivity contribution >= 4 is 17.8 Å². The first-order valence-corrected chi connectivity index (χ1v) is 6.65. The first kappa shape index (κ1) is 19.2. The molecule has 0 saturated carbocycles. The molecule has 0 saturated heterocycles. The third-order valence-electron chi connectivity index (χ3n) is 3.22. The van der Waals surface area contributed by atoms with Crippen LogP contribution < -0.4 is 16.4 Å². The monoisotopic (exact) mass is 334 g/mol. The van der Waals surface area contributed by atoms with Crippen LogP contribution >= 0.6 is 0 Å². The van der Waals surface area contributed by atoms with Gasteiger partial charge in [0.1, 0.15) is 11.1 Å². The second-order valence-electron chi connectivity index (χ2n) is 5.10. The van der Waals surface area contributed by atoms with E-state index in [9.17, 15) is 30.6 Å². The SMILES string of the molecule is Nc1nc(NC(CO)(CO)CO)nc(NC(CO)(CO)CO)n1. The maximum atomic E-state index is 9.28. The minimum Gasteiger partial charge on any atom is -0.394 e. The van der Waals surface area contributed by atoms with Crippen LogP contribution in [0.4, 0.5) is 17.8 Å². The van der Waals surface area contributed by atoms with E-state index < -0.39 is 50.7 Å². The average Bonchev–Trinajstić information content (AvgIpc) is 2.57. The molecule has 0 aromatic carbocycles. The molecule has 0 amide bonds. The Balaban J connectivity index is 3.08. The Bertz CT molecular complexity index is 439. The van der Waals surface area contributed by atoms with Crippen LogP contribution in [0, 0.1) is 0 Å². The van der Waals surface area contributed by atoms with Crippen molar-refractivity contribution in [1.82, 2.24) is 15.0 Å². The number of anilines is 3. The van der Waals surface area contributed by atoms with E-state index in [4.69, 9.17) is 5.73 Å². The maximum Gasteiger partial charge on any atom is 0.229 e. The number of nitrogens with one attached hydrogen (secondary N) is 2. The lowest BCUT2D eigenvalue weighted by Crippen LogP contribution is -2.50. The molecule has 1 heterocycles. The Morgan fingerprint density at radius 1 is 0.652 bits per heavy atom. The van der Waals surface area contributed by atoms with E-state index in [1.54, 1.807) is 0 Å². The molecule has 0 fully saturated rings. The summed E-state index contributed by atoms with van der Waals surface area (Å²) >= 11 is 0. The highest BCUT2D eigenvalue weighted by Crippen LogP contribution is 2.16. The Morgan fingerprint density at radius 3 is 1.22 bits per heavy atom. The molecular weight excluding hydrogens is 312 g/mol. The summed E-state index contributed by atoms with van der Waals surface area (Å²) in [6.07, 6.45) is 0. The number of nitrogens with two attached hydrogens (primary N) is 1. The van der Waals surface area contributed by atoms with Crippen molar-refractivity contribution in [3.8, 4) is 0 Å². The number of aromatic nitrogens is 3. The number of hydrogen-bond acceptors (Lipinski definition) is 12. The zero-order valence-corrected chi connectivity index (χ0v) is 12.3. The number of nitrogens with zero attached hydrogens (tertiary/aromatic N) is 3. The van der Waals surface area contributed by atoms with Crippen molar-refractivity contribution in [2.45, 2.75) is 11.1 Å². The van der Waals surface area contributed by atoms with Crippen LogP contribution in [0.25, 0.3) is 0 Å². The van der Waals surface area contributed by atoms with Gasteiger partial charge in [0.05, 0.1) is 39.6 Å². The Labute approximate surface area is 131 Å². The van der Waals surface area contributed by atoms with E-state index in [0.717, 1.165) is 0 Å². The predicted molar refractivity (Wildman–Crippen MR) is 79.5 cm³/mol. The highest BCUT2D eigenvalue weighted by molar-refractivity contribution is 5.43. The van der Waals surface area contributed by atoms with Gasteiger partial charge in [-0.25, -0.2) is 0 Å². The van der Waals surface area contributed by atoms with Gasteiger partial charge in [-0.15, -0.1) is 0 Å². The topological polar surface area (TPSA) is 210 Å². The van der Waals surface area contributed by atoms with E-state index in [1.165, 1.54) is 0 Å². The Morgan fingerprint density at radius 2 is 0.957 bits per heavy atom. The van der Waals surface area contributed by atoms with Gasteiger partial charge in [-0.1, -0.05) is 0 Å². The molecule has 132 valence electrons. The van der Waals surface area contributed by atoms with Gasteiger partial charge in [0, 0.05) is 0 Å². The molecule has 12 nitrogen and oxygen atoms in total. The molecule has 1 aromatic rings. The van der Waals surface area contributed by atoms with Crippen LogP contribution in [-0.4, -0.2) is 96.3 Å². The number of aliphatic hydroxyl groups is 6. The molecule has 1 rings (SSSR count). The van der Waals surface area contributed by atoms with Gasteiger partial charge in [0.15, 0.2) is 0 Å². The summed E-state index contributed by atoms with van der Waals surface area (Å²) in [5, 5.41) is 60.7. The molecule has 10 N–H and O–H groups in total. The summed E-state index contributed by atoms with van der Waals surface area (Å²) in [6, 6.07) is 0. The van der Waals surface area contributed by atoms with Crippen LogP contribution in [0.5, 0.6) is 0 Å². The number of hydrogen-bond donors (Lipinski definition) is 9. The smallest absolute Gasteiger partial charge is 0.229 e. The summed E-state index contributed by atoms with van der Waals surface area (Å²) in [5.41, 5.74) is 2.57. The van der Waals surface area contributed by atoms with E-state index in [2.05, 4.69) is 25.6 Å². The molecular formula is C11H22N6O6. The molecule has 0 aliphatic rings. The third-order valence-corrected chi connectivity index (χ3v) is 3.22. The van der Waals surface area contributed by atoms with Crippen LogP contribution in [0.15, 0.2) is 0 Å². The third kappa shape index (κ3) is 4.57. The van der Waals surface area contributed by atoms with Crippen LogP contribution in [0.2, 0.25) is 0 Å². The van der Waals surface area contributed by atoms with Crippen molar-refractivity contribution < 1.29 is 30.6 Å². The molecule has 0 atom stereocenters. The van der Waals surface area contributed by atoms with Crippen molar-refractivity contribution in [2.24, 2.45) is 0 Å². The first-order valence-electron chi connectivity index (χ1n) is 6.65. The van der Waals surface area contributed by atoms with Gasteiger partial charge >= 0.3 is 0 Å². The summed E-state index contributed by atoms with van der Waals surface area (Å²) < 4.78 is 0. The molecule has 0 radical (unpaired) electrons. The second kappa shape index (κ2) is 8.14. The normalized spacial score (nSPS) is 12.3. The lowest BCUT2D eigenvalue weighted by Gasteiger charge is -2.30. The number of nitrogen functional groups attached to an aromatic ring is 1. The van der Waals surface area contributed by atoms with E-state index in [-0.39, 0.29) is 17.8 Å². The molecule has 0 bridgehead atoms. The van der Waals surface area contributed by atoms with Gasteiger partial charge in [-0.05, 0) is 0 Å². The van der Waals surface area contributed by atoms with Crippen LogP contribution in [0.3, 0.4) is 0 Å². The molecule has 0 aliphatic heterocycles. The van der Waals surface area contributed by atoms with E-state index in [1.807, 2.05) is 0 Å². The molecule has 12 heteroatoms. The summed E-state index contributed by atoms with van der Waals surface area (Å²) in [7, 11) is 0. The minimum atomic E-state index is -1.48. The second-order valence-corrected chi connectivity index (χ2v) is 5.10. The van der Waals surface area contributed by atoms with Gasteiger partial charge < -0.3 is 47.0 Å². The number of aliphatic hydroxyl groups excluding tert-OH is 6. The van der Waals surface area contributed by atoms with Crippen molar-refractivity contribution in [3.05, 3.63) is 0 Å². The predicted octanol–water partition coefficient (Wildman–Crippen LogP) is -4.29. The quantitative estimate of drug-likeness (QED) is 0.199. The van der Waals surface area contributed by atoms with Crippen LogP contribution in [-0.2, 0) is 0 Å². The van der Waals surface area contributed by atoms with E-state index >= 15 is 0 Å². The highest BCUT2D eigenvalue weighted by Gasteiger charge is 2.31. The lowest BCUT2D eigenvalue weighted by molar-refractivity contribution is 0.0824. The zero-order valence-electron chi connectivity index (χ0n) is 12.3. The van der Waals surface area contributed by atoms with Crippen molar-refractivity contribution in [2.75, 3.05) is 56.0 Å². The number of rotatable bonds is 10. The standard InChI is InChI=1S/C11H22N6O6/c12-7-13-8(16-10(1-18,2-19)3-20)15-9(14-7)17-11(4-21,5-22)6-23/h18-23H,1-6H2,(H4,12,13,14,15,16,17). The molecule has 1 aromatic heterocycles. The van der Waals surface area contributed by atoms with E-state index in [0.29, 0.717) is 0 Å². The Hall–Kier alpha value is -1.83. The minimum absolute atomic E-state index is 0.167. The van der Waals surface area contributed by atoms with Crippen LogP contribution in [0.1, 0.15) is 0 Å². The molecule has 0 spiro atoms. The average molecular weight is 334 g/mol. The summed E-state index contributed by atoms with van der Waals surface area (Å²) in [4.78, 5) is 11.4. The van der Waals surface area contributed by atoms with Gasteiger partial charge in [-0.2, -0.15) is 15.0 Å². The van der Waals surface area contributed by atoms with Gasteiger partial charge in [-0.3, -0.25) is 0 Å². The van der Waals surface area contributed by atoms with Crippen molar-refractivity contribution in [3.63, 3.8) is 0 Å². The summed E-state index contributed by atoms with van der Waals surface area (Å²) in [6.45, 7) is -3.65. The van der Waals surface area contributed by atoms with Crippen molar-refractivity contribution in [1.29, 1.82) is 0 Å². The van der Waals surface area contributed by atoms with Gasteiger partial charge in [0.2, 0.25) is 17.8 Å². The fourth-order valence-corrected chi connectivity index (χ4v) is 1.52. The summed E-state index contributed by atoms with van der Waals surface area (Å²) in [5.74, 6) is -0.574. The Kier molecular flexibility index (Phi) is 6.80. The fraction of sp³-hybridized carbons (Fsp3) is 0.727. The molecule has 0 unspecified atom stereocenters. The fourth-order valence-electron chi connectivity index (χ4n) is 1.52. The van der Waals surface area contributed by atoms with Gasteiger partial charge in [0.25, 0.3) is 0 Å². The lowest BCUT2D eigenvalue weighted by atomic mass is 10.0. The highest BCUT2D eigenvalue weighted by atomic mass is 16.3. The maximum absolute atomic E-state index is 9.28. The largest absolute Gasteiger partial charge is 0.394 e. The molecule has 23 heavy (non-hydrogen) atoms. The zero-order chi connectivity index (χ0) is 17.5.